The van der Waals surface area contributed by atoms with E-state index < -0.39 is 5.82 Å². The van der Waals surface area contributed by atoms with Gasteiger partial charge in [0.15, 0.2) is 0 Å². The summed E-state index contributed by atoms with van der Waals surface area (Å²) < 4.78 is 15.5. The molecule has 0 radical (unpaired) electrons. The second-order valence-electron chi connectivity index (χ2n) is 9.15. The summed E-state index contributed by atoms with van der Waals surface area (Å²) in [4.78, 5) is 25.7. The average Bonchev–Trinajstić information content (AvgIpc) is 3.36. The molecule has 1 fully saturated rings. The van der Waals surface area contributed by atoms with Gasteiger partial charge < -0.3 is 25.0 Å². The zero-order valence-corrected chi connectivity index (χ0v) is 21.5. The van der Waals surface area contributed by atoms with E-state index in [4.69, 9.17) is 11.6 Å². The lowest BCUT2D eigenvalue weighted by Gasteiger charge is -2.32. The molecule has 38 heavy (non-hydrogen) atoms. The van der Waals surface area contributed by atoms with Crippen molar-refractivity contribution < 1.29 is 9.18 Å². The van der Waals surface area contributed by atoms with Crippen LogP contribution in [0.1, 0.15) is 11.4 Å². The topological polar surface area (TPSA) is 102 Å². The molecule has 2 N–H and O–H groups in total. The third-order valence-corrected chi connectivity index (χ3v) is 6.88. The first-order valence-corrected chi connectivity index (χ1v) is 12.5. The molecule has 0 bridgehead atoms. The summed E-state index contributed by atoms with van der Waals surface area (Å²) in [5.41, 5.74) is 2.90. The fraction of sp³-hybridized carbons (Fsp3) is 0.259. The van der Waals surface area contributed by atoms with Crippen LogP contribution in [0.15, 0.2) is 55.0 Å². The van der Waals surface area contributed by atoms with Crippen molar-refractivity contribution in [3.63, 3.8) is 0 Å². The van der Waals surface area contributed by atoms with E-state index in [-0.39, 0.29) is 17.5 Å². The SMILES string of the molecule is CN1CCN(C(=O)Cn2ccnc2CNc2ccc3ncc(C#N)c(Nc4ccc(F)c(Cl)c4)c3c2)CC1. The highest BCUT2D eigenvalue weighted by Crippen LogP contribution is 2.32. The lowest BCUT2D eigenvalue weighted by molar-refractivity contribution is -0.133. The van der Waals surface area contributed by atoms with Crippen LogP contribution in [0, 0.1) is 17.1 Å². The van der Waals surface area contributed by atoms with Gasteiger partial charge in [-0.3, -0.25) is 9.78 Å². The van der Waals surface area contributed by atoms with Crippen LogP contribution in [0.25, 0.3) is 10.9 Å². The van der Waals surface area contributed by atoms with Crippen molar-refractivity contribution >= 4 is 45.5 Å². The van der Waals surface area contributed by atoms with Crippen molar-refractivity contribution in [1.82, 2.24) is 24.3 Å². The Kier molecular flexibility index (Phi) is 7.40. The molecule has 2 aromatic heterocycles. The van der Waals surface area contributed by atoms with Crippen LogP contribution in [0.3, 0.4) is 0 Å². The molecular formula is C27H26ClFN8O. The highest BCUT2D eigenvalue weighted by atomic mass is 35.5. The van der Waals surface area contributed by atoms with E-state index in [0.717, 1.165) is 37.7 Å². The fourth-order valence-corrected chi connectivity index (χ4v) is 4.55. The third-order valence-electron chi connectivity index (χ3n) is 6.59. The third kappa shape index (κ3) is 5.54. The normalized spacial score (nSPS) is 13.9. The molecule has 0 saturated carbocycles. The second kappa shape index (κ2) is 11.0. The largest absolute Gasteiger partial charge is 0.378 e. The predicted molar refractivity (Wildman–Crippen MR) is 145 cm³/mol. The number of fused-ring (bicyclic) bond motifs is 1. The molecule has 0 spiro atoms. The molecule has 2 aromatic carbocycles. The summed E-state index contributed by atoms with van der Waals surface area (Å²) in [6, 6.07) is 12.1. The molecule has 0 atom stereocenters. The average molecular weight is 533 g/mol. The number of pyridine rings is 1. The smallest absolute Gasteiger partial charge is 0.242 e. The van der Waals surface area contributed by atoms with Crippen LogP contribution in [0.4, 0.5) is 21.5 Å². The van der Waals surface area contributed by atoms with Crippen molar-refractivity contribution in [3.05, 3.63) is 77.2 Å². The highest BCUT2D eigenvalue weighted by Gasteiger charge is 2.20. The van der Waals surface area contributed by atoms with E-state index in [1.54, 1.807) is 12.3 Å². The predicted octanol–water partition coefficient (Wildman–Crippen LogP) is 4.23. The van der Waals surface area contributed by atoms with Crippen molar-refractivity contribution in [2.75, 3.05) is 43.9 Å². The van der Waals surface area contributed by atoms with E-state index in [0.29, 0.717) is 34.4 Å². The van der Waals surface area contributed by atoms with Gasteiger partial charge in [0.25, 0.3) is 0 Å². The maximum Gasteiger partial charge on any atom is 0.242 e. The van der Waals surface area contributed by atoms with E-state index in [1.807, 2.05) is 33.9 Å². The summed E-state index contributed by atoms with van der Waals surface area (Å²) in [7, 11) is 2.06. The number of nitrogens with one attached hydrogen (secondary N) is 2. The van der Waals surface area contributed by atoms with Gasteiger partial charge in [0, 0.05) is 61.5 Å². The molecule has 1 aliphatic rings. The summed E-state index contributed by atoms with van der Waals surface area (Å²) in [5.74, 6) is 0.290. The van der Waals surface area contributed by atoms with Gasteiger partial charge in [-0.15, -0.1) is 0 Å². The van der Waals surface area contributed by atoms with E-state index in [2.05, 4.69) is 38.6 Å². The van der Waals surface area contributed by atoms with Crippen LogP contribution in [-0.4, -0.2) is 63.5 Å². The second-order valence-corrected chi connectivity index (χ2v) is 9.56. The highest BCUT2D eigenvalue weighted by molar-refractivity contribution is 6.31. The first-order chi connectivity index (χ1) is 18.4. The molecule has 5 rings (SSSR count). The van der Waals surface area contributed by atoms with Gasteiger partial charge in [-0.1, -0.05) is 11.6 Å². The number of hydrogen-bond donors (Lipinski definition) is 2. The molecule has 1 amide bonds. The number of likely N-dealkylation sites (N-methyl/N-ethyl adjacent to an activating group) is 1. The van der Waals surface area contributed by atoms with Gasteiger partial charge in [-0.25, -0.2) is 9.37 Å². The van der Waals surface area contributed by atoms with Gasteiger partial charge >= 0.3 is 0 Å². The number of anilines is 3. The molecule has 0 aliphatic carbocycles. The first-order valence-electron chi connectivity index (χ1n) is 12.2. The number of piperazine rings is 1. The van der Waals surface area contributed by atoms with Crippen LogP contribution < -0.4 is 10.6 Å². The van der Waals surface area contributed by atoms with Gasteiger partial charge in [-0.05, 0) is 43.4 Å². The minimum Gasteiger partial charge on any atom is -0.378 e. The number of nitriles is 1. The van der Waals surface area contributed by atoms with Crippen LogP contribution in [-0.2, 0) is 17.9 Å². The Labute approximate surface area is 224 Å². The quantitative estimate of drug-likeness (QED) is 0.367. The van der Waals surface area contributed by atoms with E-state index in [9.17, 15) is 14.4 Å². The van der Waals surface area contributed by atoms with Gasteiger partial charge in [0.2, 0.25) is 5.91 Å². The summed E-state index contributed by atoms with van der Waals surface area (Å²) in [6.07, 6.45) is 5.00. The molecule has 0 unspecified atom stereocenters. The lowest BCUT2D eigenvalue weighted by Crippen LogP contribution is -2.48. The van der Waals surface area contributed by atoms with Crippen molar-refractivity contribution in [2.45, 2.75) is 13.1 Å². The Morgan fingerprint density at radius 1 is 1.13 bits per heavy atom. The number of carbonyl (C=O) groups excluding carboxylic acids is 1. The summed E-state index contributed by atoms with van der Waals surface area (Å²) in [5, 5.41) is 16.9. The number of benzene rings is 2. The number of halogens is 2. The standard InChI is InChI=1S/C27H26ClFN8O/c1-35-8-10-36(11-9-35)26(38)17-37-7-6-31-25(37)16-32-19-3-5-24-21(12-19)27(18(14-30)15-33-24)34-20-2-4-23(29)22(28)13-20/h2-7,12-13,15,32H,8-11,16-17H2,1H3,(H,33,34). The van der Waals surface area contributed by atoms with E-state index in [1.165, 1.54) is 18.3 Å². The zero-order valence-electron chi connectivity index (χ0n) is 20.8. The summed E-state index contributed by atoms with van der Waals surface area (Å²) in [6.45, 7) is 3.85. The molecule has 11 heteroatoms. The Hall–Kier alpha value is -4.20. The number of rotatable bonds is 7. The van der Waals surface area contributed by atoms with Gasteiger partial charge in [0.05, 0.1) is 28.3 Å². The monoisotopic (exact) mass is 532 g/mol. The summed E-state index contributed by atoms with van der Waals surface area (Å²) >= 11 is 5.95. The molecule has 9 nitrogen and oxygen atoms in total. The molecule has 3 heterocycles. The van der Waals surface area contributed by atoms with Gasteiger partial charge in [-0.2, -0.15) is 5.26 Å². The van der Waals surface area contributed by atoms with Crippen LogP contribution in [0.5, 0.6) is 0 Å². The Balaban J connectivity index is 1.34. The minimum absolute atomic E-state index is 0.0177. The number of aromatic nitrogens is 3. The van der Waals surface area contributed by atoms with Crippen LogP contribution in [0.2, 0.25) is 5.02 Å². The number of carbonyl (C=O) groups is 1. The fourth-order valence-electron chi connectivity index (χ4n) is 4.37. The number of imidazole rings is 1. The zero-order chi connectivity index (χ0) is 26.6. The van der Waals surface area contributed by atoms with Gasteiger partial charge in [0.1, 0.15) is 24.3 Å². The van der Waals surface area contributed by atoms with Crippen molar-refractivity contribution in [1.29, 1.82) is 5.26 Å². The van der Waals surface area contributed by atoms with E-state index >= 15 is 0 Å². The molecule has 194 valence electrons. The molecule has 1 saturated heterocycles. The number of amides is 1. The minimum atomic E-state index is -0.521. The molecule has 4 aromatic rings. The first kappa shape index (κ1) is 25.4. The maximum absolute atomic E-state index is 13.6. The Morgan fingerprint density at radius 3 is 2.68 bits per heavy atom. The Morgan fingerprint density at radius 2 is 1.92 bits per heavy atom. The molecular weight excluding hydrogens is 507 g/mol. The Bertz CT molecular complexity index is 1520. The number of nitrogens with zero attached hydrogens (tertiary/aromatic N) is 6. The lowest BCUT2D eigenvalue weighted by atomic mass is 10.1. The maximum atomic E-state index is 13.6. The van der Waals surface area contributed by atoms with Crippen molar-refractivity contribution in [3.8, 4) is 6.07 Å². The number of hydrogen-bond acceptors (Lipinski definition) is 7. The van der Waals surface area contributed by atoms with Crippen LogP contribution >= 0.6 is 11.6 Å². The van der Waals surface area contributed by atoms with Crippen molar-refractivity contribution in [2.24, 2.45) is 0 Å². The molecule has 1 aliphatic heterocycles.